The second-order valence-electron chi connectivity index (χ2n) is 4.14. The van der Waals surface area contributed by atoms with Crippen LogP contribution < -0.4 is 10.5 Å². The lowest BCUT2D eigenvalue weighted by Gasteiger charge is -2.05. The van der Waals surface area contributed by atoms with E-state index in [9.17, 15) is 0 Å². The number of hydrogen-bond acceptors (Lipinski definition) is 4. The molecule has 98 valence electrons. The summed E-state index contributed by atoms with van der Waals surface area (Å²) in [6, 6.07) is 7.86. The van der Waals surface area contributed by atoms with Crippen molar-refractivity contribution in [1.82, 2.24) is 9.55 Å². The van der Waals surface area contributed by atoms with Gasteiger partial charge < -0.3 is 15.0 Å². The van der Waals surface area contributed by atoms with Crippen LogP contribution in [0.1, 0.15) is 4.88 Å². The topological polar surface area (TPSA) is 53.1 Å². The molecule has 2 heterocycles. The molecule has 0 amide bonds. The molecule has 0 fully saturated rings. The van der Waals surface area contributed by atoms with Crippen LogP contribution in [0.25, 0.3) is 11.0 Å². The Hall–Kier alpha value is -1.53. The molecular formula is C13H12BrN3OS. The fourth-order valence-electron chi connectivity index (χ4n) is 2.01. The smallest absolute Gasteiger partial charge is 0.201 e. The number of halogens is 1. The first-order valence-corrected chi connectivity index (χ1v) is 7.37. The summed E-state index contributed by atoms with van der Waals surface area (Å²) in [4.78, 5) is 5.59. The predicted molar refractivity (Wildman–Crippen MR) is 81.8 cm³/mol. The van der Waals surface area contributed by atoms with Gasteiger partial charge in [-0.05, 0) is 34.1 Å². The van der Waals surface area contributed by atoms with Crippen LogP contribution in [-0.4, -0.2) is 16.7 Å². The van der Waals surface area contributed by atoms with Crippen LogP contribution in [-0.2, 0) is 6.54 Å². The highest BCUT2D eigenvalue weighted by atomic mass is 79.9. The quantitative estimate of drug-likeness (QED) is 0.795. The highest BCUT2D eigenvalue weighted by molar-refractivity contribution is 9.10. The first kappa shape index (κ1) is 12.5. The molecule has 0 saturated heterocycles. The Morgan fingerprint density at radius 2 is 2.26 bits per heavy atom. The van der Waals surface area contributed by atoms with Gasteiger partial charge in [-0.2, -0.15) is 0 Å². The molecule has 0 atom stereocenters. The maximum atomic E-state index is 6.00. The number of anilines is 1. The van der Waals surface area contributed by atoms with Crippen LogP contribution in [0.3, 0.4) is 0 Å². The summed E-state index contributed by atoms with van der Waals surface area (Å²) in [5.41, 5.74) is 7.87. The molecule has 0 aliphatic carbocycles. The molecule has 6 heteroatoms. The molecular weight excluding hydrogens is 326 g/mol. The molecule has 19 heavy (non-hydrogen) atoms. The van der Waals surface area contributed by atoms with E-state index in [0.717, 1.165) is 21.3 Å². The third kappa shape index (κ3) is 2.33. The zero-order valence-electron chi connectivity index (χ0n) is 10.3. The average Bonchev–Trinajstić information content (AvgIpc) is 2.94. The summed E-state index contributed by atoms with van der Waals surface area (Å²) in [5.74, 6) is 1.33. The number of fused-ring (bicyclic) bond motifs is 1. The van der Waals surface area contributed by atoms with Crippen molar-refractivity contribution in [3.63, 3.8) is 0 Å². The molecule has 0 aliphatic heterocycles. The number of hydrogen-bond donors (Lipinski definition) is 1. The number of nitrogen functional groups attached to an aromatic ring is 1. The van der Waals surface area contributed by atoms with Crippen LogP contribution in [0.15, 0.2) is 34.1 Å². The number of nitrogens with zero attached hydrogens (tertiary/aromatic N) is 2. The zero-order chi connectivity index (χ0) is 13.4. The summed E-state index contributed by atoms with van der Waals surface area (Å²) in [6.45, 7) is 0.714. The van der Waals surface area contributed by atoms with E-state index in [1.807, 2.05) is 22.8 Å². The lowest BCUT2D eigenvalue weighted by Crippen LogP contribution is -2.03. The van der Waals surface area contributed by atoms with Gasteiger partial charge in [0.1, 0.15) is 5.75 Å². The highest BCUT2D eigenvalue weighted by Gasteiger charge is 2.10. The number of rotatable bonds is 3. The van der Waals surface area contributed by atoms with Gasteiger partial charge in [0.05, 0.1) is 24.7 Å². The maximum absolute atomic E-state index is 6.00. The van der Waals surface area contributed by atoms with E-state index in [-0.39, 0.29) is 0 Å². The van der Waals surface area contributed by atoms with Gasteiger partial charge in [-0.25, -0.2) is 4.98 Å². The molecule has 3 aromatic rings. The van der Waals surface area contributed by atoms with Gasteiger partial charge in [0.15, 0.2) is 0 Å². The zero-order valence-corrected chi connectivity index (χ0v) is 12.7. The normalized spacial score (nSPS) is 11.1. The third-order valence-corrected chi connectivity index (χ3v) is 4.60. The molecule has 2 N–H and O–H groups in total. The molecule has 4 nitrogen and oxygen atoms in total. The number of aromatic nitrogens is 2. The van der Waals surface area contributed by atoms with E-state index < -0.39 is 0 Å². The Bertz CT molecular complexity index is 735. The number of benzene rings is 1. The van der Waals surface area contributed by atoms with Gasteiger partial charge in [-0.1, -0.05) is 0 Å². The molecule has 0 aliphatic rings. The maximum Gasteiger partial charge on any atom is 0.201 e. The lowest BCUT2D eigenvalue weighted by molar-refractivity contribution is 0.415. The van der Waals surface area contributed by atoms with Crippen molar-refractivity contribution in [3.8, 4) is 5.75 Å². The summed E-state index contributed by atoms with van der Waals surface area (Å²) < 4.78 is 8.34. The summed E-state index contributed by atoms with van der Waals surface area (Å²) >= 11 is 5.15. The second-order valence-corrected chi connectivity index (χ2v) is 6.05. The Balaban J connectivity index is 2.08. The first-order chi connectivity index (χ1) is 9.17. The summed E-state index contributed by atoms with van der Waals surface area (Å²) in [6.07, 6.45) is 0. The van der Waals surface area contributed by atoms with Gasteiger partial charge in [0, 0.05) is 20.8 Å². The molecule has 0 spiro atoms. The molecule has 0 radical (unpaired) electrons. The van der Waals surface area contributed by atoms with Gasteiger partial charge in [-0.15, -0.1) is 11.3 Å². The van der Waals surface area contributed by atoms with Crippen molar-refractivity contribution in [3.05, 3.63) is 39.0 Å². The van der Waals surface area contributed by atoms with Crippen molar-refractivity contribution in [2.75, 3.05) is 12.8 Å². The minimum absolute atomic E-state index is 0.521. The minimum Gasteiger partial charge on any atom is -0.497 e. The molecule has 3 rings (SSSR count). The summed E-state index contributed by atoms with van der Waals surface area (Å²) in [5, 5.41) is 2.06. The van der Waals surface area contributed by atoms with Crippen molar-refractivity contribution in [2.45, 2.75) is 6.54 Å². The number of imidazole rings is 1. The molecule has 0 saturated carbocycles. The van der Waals surface area contributed by atoms with E-state index in [4.69, 9.17) is 10.5 Å². The highest BCUT2D eigenvalue weighted by Crippen LogP contribution is 2.26. The monoisotopic (exact) mass is 337 g/mol. The average molecular weight is 338 g/mol. The molecule has 2 aromatic heterocycles. The Morgan fingerprint density at radius 3 is 2.95 bits per heavy atom. The van der Waals surface area contributed by atoms with E-state index in [2.05, 4.69) is 32.4 Å². The van der Waals surface area contributed by atoms with Gasteiger partial charge in [0.2, 0.25) is 5.95 Å². The van der Waals surface area contributed by atoms with Crippen molar-refractivity contribution in [2.24, 2.45) is 0 Å². The van der Waals surface area contributed by atoms with Crippen LogP contribution >= 0.6 is 27.3 Å². The number of thiophene rings is 1. The standard InChI is InChI=1S/C13H12BrN3OS/c1-18-9-2-3-11-12(5-9)17(13(15)16-11)6-10-4-8(14)7-19-10/h2-5,7H,6H2,1H3,(H2,15,16). The SMILES string of the molecule is COc1ccc2nc(N)n(Cc3cc(Br)cs3)c2c1. The largest absolute Gasteiger partial charge is 0.497 e. The predicted octanol–water partition coefficient (Wildman–Crippen LogP) is 3.50. The number of ether oxygens (including phenoxy) is 1. The van der Waals surface area contributed by atoms with Crippen LogP contribution in [0.4, 0.5) is 5.95 Å². The Morgan fingerprint density at radius 1 is 1.42 bits per heavy atom. The first-order valence-electron chi connectivity index (χ1n) is 5.70. The second kappa shape index (κ2) is 4.86. The number of methoxy groups -OCH3 is 1. The van der Waals surface area contributed by atoms with Crippen LogP contribution in [0.5, 0.6) is 5.75 Å². The number of nitrogens with two attached hydrogens (primary N) is 1. The fourth-order valence-corrected chi connectivity index (χ4v) is 3.45. The van der Waals surface area contributed by atoms with Crippen molar-refractivity contribution in [1.29, 1.82) is 0 Å². The molecule has 1 aromatic carbocycles. The van der Waals surface area contributed by atoms with E-state index >= 15 is 0 Å². The Kier molecular flexibility index (Phi) is 3.20. The van der Waals surface area contributed by atoms with Gasteiger partial charge in [-0.3, -0.25) is 0 Å². The fraction of sp³-hybridized carbons (Fsp3) is 0.154. The van der Waals surface area contributed by atoms with E-state index in [0.29, 0.717) is 12.5 Å². The lowest BCUT2D eigenvalue weighted by atomic mass is 10.3. The van der Waals surface area contributed by atoms with Crippen molar-refractivity contribution >= 4 is 44.2 Å². The van der Waals surface area contributed by atoms with Gasteiger partial charge in [0.25, 0.3) is 0 Å². The van der Waals surface area contributed by atoms with Crippen LogP contribution in [0.2, 0.25) is 0 Å². The minimum atomic E-state index is 0.521. The molecule has 0 unspecified atom stereocenters. The summed E-state index contributed by atoms with van der Waals surface area (Å²) in [7, 11) is 1.65. The van der Waals surface area contributed by atoms with E-state index in [1.54, 1.807) is 18.4 Å². The van der Waals surface area contributed by atoms with Gasteiger partial charge >= 0.3 is 0 Å². The Labute approximate surface area is 123 Å². The van der Waals surface area contributed by atoms with E-state index in [1.165, 1.54) is 4.88 Å². The molecule has 0 bridgehead atoms. The van der Waals surface area contributed by atoms with Crippen molar-refractivity contribution < 1.29 is 4.74 Å². The third-order valence-electron chi connectivity index (χ3n) is 2.92. The van der Waals surface area contributed by atoms with Crippen LogP contribution in [0, 0.1) is 0 Å².